The van der Waals surface area contributed by atoms with Crippen molar-refractivity contribution in [2.45, 2.75) is 51.2 Å². The van der Waals surface area contributed by atoms with E-state index in [0.717, 1.165) is 63.9 Å². The molecular weight excluding hydrogens is 502 g/mol. The molecule has 0 saturated heterocycles. The lowest BCUT2D eigenvalue weighted by atomic mass is 9.89. The summed E-state index contributed by atoms with van der Waals surface area (Å²) in [5.41, 5.74) is 4.04. The summed E-state index contributed by atoms with van der Waals surface area (Å²) in [5.74, 6) is 0.761. The molecule has 0 bridgehead atoms. The fourth-order valence-electron chi connectivity index (χ4n) is 5.23. The van der Waals surface area contributed by atoms with Crippen molar-refractivity contribution < 1.29 is 9.53 Å². The van der Waals surface area contributed by atoms with Crippen LogP contribution in [0.15, 0.2) is 60.8 Å². The molecule has 192 valence electrons. The number of fused-ring (bicyclic) bond motifs is 1. The first-order valence-corrected chi connectivity index (χ1v) is 13.9. The third kappa shape index (κ3) is 5.37. The van der Waals surface area contributed by atoms with Crippen LogP contribution in [-0.4, -0.2) is 42.0 Å². The number of rotatable bonds is 7. The van der Waals surface area contributed by atoms with Gasteiger partial charge in [0.2, 0.25) is 0 Å². The summed E-state index contributed by atoms with van der Waals surface area (Å²) in [6.45, 7) is 2.43. The molecule has 37 heavy (non-hydrogen) atoms. The monoisotopic (exact) mass is 533 g/mol. The largest absolute Gasteiger partial charge is 0.496 e. The molecule has 0 spiro atoms. The van der Waals surface area contributed by atoms with Crippen LogP contribution in [0, 0.1) is 6.92 Å². The molecule has 1 saturated carbocycles. The molecule has 1 amide bonds. The molecule has 2 aromatic carbocycles. The number of carbonyl (C=O) groups is 1. The molecule has 0 radical (unpaired) electrons. The van der Waals surface area contributed by atoms with Gasteiger partial charge in [0.1, 0.15) is 10.6 Å². The van der Waals surface area contributed by atoms with Crippen molar-refractivity contribution in [2.24, 2.45) is 0 Å². The molecule has 5 rings (SSSR count). The minimum atomic E-state index is -0.0106. The number of aryl methyl sites for hydroxylation is 1. The van der Waals surface area contributed by atoms with Crippen LogP contribution in [0.2, 0.25) is 5.02 Å². The highest BCUT2D eigenvalue weighted by atomic mass is 35.5. The first-order valence-electron chi connectivity index (χ1n) is 12.7. The molecule has 7 heteroatoms. The van der Waals surface area contributed by atoms with Crippen molar-refractivity contribution in [3.8, 4) is 16.9 Å². The number of aromatic nitrogens is 1. The second-order valence-corrected chi connectivity index (χ2v) is 11.1. The molecule has 1 aliphatic rings. The van der Waals surface area contributed by atoms with E-state index in [4.69, 9.17) is 16.3 Å². The van der Waals surface area contributed by atoms with Gasteiger partial charge in [-0.25, -0.2) is 0 Å². The van der Waals surface area contributed by atoms with E-state index in [2.05, 4.69) is 22.4 Å². The zero-order chi connectivity index (χ0) is 25.9. The minimum absolute atomic E-state index is 0.0106. The van der Waals surface area contributed by atoms with Crippen molar-refractivity contribution >= 4 is 38.9 Å². The van der Waals surface area contributed by atoms with Crippen molar-refractivity contribution in [2.75, 3.05) is 14.2 Å². The average molecular weight is 534 g/mol. The quantitative estimate of drug-likeness (QED) is 0.275. The first kappa shape index (κ1) is 25.7. The average Bonchev–Trinajstić information content (AvgIpc) is 3.28. The molecule has 0 atom stereocenters. The summed E-state index contributed by atoms with van der Waals surface area (Å²) in [6, 6.07) is 18.8. The fraction of sp³-hybridized carbons (Fsp3) is 0.333. The number of thiophene rings is 1. The number of amides is 1. The van der Waals surface area contributed by atoms with Crippen LogP contribution in [0.3, 0.4) is 0 Å². The Morgan fingerprint density at radius 1 is 1.11 bits per heavy atom. The molecule has 2 heterocycles. The van der Waals surface area contributed by atoms with Crippen LogP contribution in [0.1, 0.15) is 46.6 Å². The highest BCUT2D eigenvalue weighted by Gasteiger charge is 2.32. The molecule has 0 unspecified atom stereocenters. The molecule has 2 aromatic heterocycles. The molecule has 1 N–H and O–H groups in total. The number of halogens is 1. The number of hydrogen-bond donors (Lipinski definition) is 1. The normalized spacial score (nSPS) is 17.6. The van der Waals surface area contributed by atoms with Gasteiger partial charge in [-0.2, -0.15) is 0 Å². The second kappa shape index (κ2) is 11.2. The van der Waals surface area contributed by atoms with Gasteiger partial charge in [-0.05, 0) is 69.5 Å². The Morgan fingerprint density at radius 3 is 2.54 bits per heavy atom. The maximum Gasteiger partial charge on any atom is 0.266 e. The van der Waals surface area contributed by atoms with Crippen molar-refractivity contribution in [3.05, 3.63) is 82.0 Å². The molecule has 5 nitrogen and oxygen atoms in total. The van der Waals surface area contributed by atoms with E-state index >= 15 is 0 Å². The maximum atomic E-state index is 14.2. The summed E-state index contributed by atoms with van der Waals surface area (Å²) in [4.78, 5) is 21.3. The Hall–Kier alpha value is -2.93. The van der Waals surface area contributed by atoms with Crippen LogP contribution >= 0.6 is 22.9 Å². The van der Waals surface area contributed by atoms with Gasteiger partial charge in [-0.15, -0.1) is 11.3 Å². The Bertz CT molecular complexity index is 1390. The Morgan fingerprint density at radius 2 is 1.86 bits per heavy atom. The van der Waals surface area contributed by atoms with E-state index < -0.39 is 0 Å². The van der Waals surface area contributed by atoms with E-state index in [1.54, 1.807) is 7.11 Å². The summed E-state index contributed by atoms with van der Waals surface area (Å²) >= 11 is 8.26. The molecule has 1 aliphatic carbocycles. The number of nitrogens with zero attached hydrogens (tertiary/aromatic N) is 2. The first-order chi connectivity index (χ1) is 18.0. The summed E-state index contributed by atoms with van der Waals surface area (Å²) in [5, 5.41) is 4.88. The van der Waals surface area contributed by atoms with Crippen LogP contribution in [0.4, 0.5) is 0 Å². The van der Waals surface area contributed by atoms with E-state index in [1.165, 1.54) is 11.3 Å². The van der Waals surface area contributed by atoms with E-state index in [1.807, 2.05) is 67.5 Å². The fourth-order valence-corrected chi connectivity index (χ4v) is 6.70. The SMILES string of the molecule is CNC1CCC(N(Cc2cc(-c3ccc(C)nc3)ccc2OC)C(=O)c2sc3ccccc3c2Cl)CC1. The van der Waals surface area contributed by atoms with Gasteiger partial charge in [0.15, 0.2) is 0 Å². The highest BCUT2D eigenvalue weighted by molar-refractivity contribution is 7.21. The number of pyridine rings is 1. The summed E-state index contributed by atoms with van der Waals surface area (Å²) in [7, 11) is 3.69. The number of methoxy groups -OCH3 is 1. The zero-order valence-corrected chi connectivity index (χ0v) is 23.0. The Kier molecular flexibility index (Phi) is 7.79. The number of benzene rings is 2. The van der Waals surface area contributed by atoms with E-state index in [0.29, 0.717) is 22.5 Å². The minimum Gasteiger partial charge on any atom is -0.496 e. The van der Waals surface area contributed by atoms with Gasteiger partial charge >= 0.3 is 0 Å². The predicted octanol–water partition coefficient (Wildman–Crippen LogP) is 7.11. The van der Waals surface area contributed by atoms with E-state index in [9.17, 15) is 4.79 Å². The smallest absolute Gasteiger partial charge is 0.266 e. The van der Waals surface area contributed by atoms with Crippen LogP contribution in [0.5, 0.6) is 5.75 Å². The van der Waals surface area contributed by atoms with Gasteiger partial charge in [-0.3, -0.25) is 9.78 Å². The Labute approximate surface area is 227 Å². The van der Waals surface area contributed by atoms with Gasteiger partial charge in [0, 0.05) is 51.7 Å². The maximum absolute atomic E-state index is 14.2. The van der Waals surface area contributed by atoms with Gasteiger partial charge in [0.05, 0.1) is 12.1 Å². The van der Waals surface area contributed by atoms with Crippen LogP contribution in [0.25, 0.3) is 21.2 Å². The van der Waals surface area contributed by atoms with Gasteiger partial charge < -0.3 is 15.0 Å². The lowest BCUT2D eigenvalue weighted by molar-refractivity contribution is 0.0604. The third-order valence-corrected chi connectivity index (χ3v) is 9.06. The summed E-state index contributed by atoms with van der Waals surface area (Å²) in [6.07, 6.45) is 5.86. The van der Waals surface area contributed by atoms with E-state index in [-0.39, 0.29) is 11.9 Å². The lowest BCUT2D eigenvalue weighted by Gasteiger charge is -2.37. The van der Waals surface area contributed by atoms with Crippen molar-refractivity contribution in [1.82, 2.24) is 15.2 Å². The number of nitrogens with one attached hydrogen (secondary N) is 1. The number of carbonyl (C=O) groups excluding carboxylic acids is 1. The molecule has 1 fully saturated rings. The highest BCUT2D eigenvalue weighted by Crippen LogP contribution is 2.38. The number of ether oxygens (including phenoxy) is 1. The van der Waals surface area contributed by atoms with Gasteiger partial charge in [0.25, 0.3) is 5.91 Å². The number of hydrogen-bond acceptors (Lipinski definition) is 5. The molecular formula is C30H32ClN3O2S. The third-order valence-electron chi connectivity index (χ3n) is 7.40. The Balaban J connectivity index is 1.52. The lowest BCUT2D eigenvalue weighted by Crippen LogP contribution is -2.44. The standard InChI is InChI=1S/C30H32ClN3O2S/c1-19-8-9-21(17-33-19)20-10-15-26(36-3)22(16-20)18-34(24-13-11-23(32-2)12-14-24)30(35)29-28(31)25-6-4-5-7-27(25)37-29/h4-10,15-17,23-24,32H,11-14,18H2,1-3H3. The molecule has 0 aliphatic heterocycles. The van der Waals surface area contributed by atoms with Crippen LogP contribution in [-0.2, 0) is 6.54 Å². The van der Waals surface area contributed by atoms with Crippen molar-refractivity contribution in [3.63, 3.8) is 0 Å². The topological polar surface area (TPSA) is 54.5 Å². The van der Waals surface area contributed by atoms with Crippen LogP contribution < -0.4 is 10.1 Å². The van der Waals surface area contributed by atoms with Gasteiger partial charge in [-0.1, -0.05) is 41.9 Å². The van der Waals surface area contributed by atoms with Crippen molar-refractivity contribution in [1.29, 1.82) is 0 Å². The molecule has 4 aromatic rings. The summed E-state index contributed by atoms with van der Waals surface area (Å²) < 4.78 is 6.78. The zero-order valence-electron chi connectivity index (χ0n) is 21.5. The second-order valence-electron chi connectivity index (χ2n) is 9.68. The predicted molar refractivity (Wildman–Crippen MR) is 153 cm³/mol.